The average Bonchev–Trinajstić information content (AvgIpc) is 2.78. The van der Waals surface area contributed by atoms with E-state index >= 15 is 0 Å². The van der Waals surface area contributed by atoms with Crippen LogP contribution in [0.5, 0.6) is 0 Å². The van der Waals surface area contributed by atoms with Gasteiger partial charge < -0.3 is 4.57 Å². The molecule has 0 spiro atoms. The zero-order chi connectivity index (χ0) is 20.1. The molecule has 0 unspecified atom stereocenters. The molecule has 144 valence electrons. The van der Waals surface area contributed by atoms with Crippen molar-refractivity contribution in [3.8, 4) is 0 Å². The van der Waals surface area contributed by atoms with Crippen LogP contribution in [-0.2, 0) is 15.8 Å². The normalized spacial score (nSPS) is 11.4. The van der Waals surface area contributed by atoms with Gasteiger partial charge in [0.2, 0.25) is 0 Å². The van der Waals surface area contributed by atoms with Crippen LogP contribution >= 0.6 is 7.14 Å². The molecule has 0 fully saturated rings. The van der Waals surface area contributed by atoms with E-state index in [2.05, 4.69) is 24.3 Å². The molecule has 3 heteroatoms. The second-order valence-electron chi connectivity index (χ2n) is 7.28. The standard InChI is InChI=1S/C26H23O2P/c27-24(20-21-15-16-22-9-7-8-10-23(22)19-21)17-18-29(28,25-11-3-1-4-12-25)26-13-5-2-6-14-26/h1-16,19H,17-18,20H2. The van der Waals surface area contributed by atoms with Crippen molar-refractivity contribution in [2.45, 2.75) is 12.8 Å². The molecule has 0 saturated carbocycles. The SMILES string of the molecule is O=C(CCP(=O)(c1ccccc1)c1ccccc1)Cc1ccc2ccccc2c1. The maximum Gasteiger partial charge on any atom is 0.143 e. The van der Waals surface area contributed by atoms with Crippen LogP contribution in [-0.4, -0.2) is 11.9 Å². The van der Waals surface area contributed by atoms with E-state index in [1.807, 2.05) is 78.9 Å². The lowest BCUT2D eigenvalue weighted by Crippen LogP contribution is -2.20. The zero-order valence-electron chi connectivity index (χ0n) is 16.2. The summed E-state index contributed by atoms with van der Waals surface area (Å²) in [6, 6.07) is 33.3. The van der Waals surface area contributed by atoms with E-state index < -0.39 is 7.14 Å². The Morgan fingerprint density at radius 2 is 1.21 bits per heavy atom. The highest BCUT2D eigenvalue weighted by Gasteiger charge is 2.27. The fourth-order valence-electron chi connectivity index (χ4n) is 3.69. The van der Waals surface area contributed by atoms with Crippen LogP contribution in [0.3, 0.4) is 0 Å². The van der Waals surface area contributed by atoms with Crippen molar-refractivity contribution in [1.29, 1.82) is 0 Å². The summed E-state index contributed by atoms with van der Waals surface area (Å²) in [4.78, 5) is 12.7. The minimum atomic E-state index is -2.84. The summed E-state index contributed by atoms with van der Waals surface area (Å²) in [6.07, 6.45) is 1.02. The highest BCUT2D eigenvalue weighted by molar-refractivity contribution is 7.78. The fraction of sp³-hybridized carbons (Fsp3) is 0.115. The number of hydrogen-bond donors (Lipinski definition) is 0. The predicted octanol–water partition coefficient (Wildman–Crippen LogP) is 5.36. The summed E-state index contributed by atoms with van der Waals surface area (Å²) >= 11 is 0. The number of Topliss-reactive ketones (excluding diaryl/α,β-unsaturated/α-hetero) is 1. The van der Waals surface area contributed by atoms with Crippen LogP contribution < -0.4 is 10.6 Å². The van der Waals surface area contributed by atoms with Crippen LogP contribution in [0.1, 0.15) is 12.0 Å². The second kappa shape index (κ2) is 8.59. The minimum Gasteiger partial charge on any atom is -0.314 e. The van der Waals surface area contributed by atoms with Gasteiger partial charge in [0.05, 0.1) is 0 Å². The third-order valence-corrected chi connectivity index (χ3v) is 8.39. The Balaban J connectivity index is 1.52. The van der Waals surface area contributed by atoms with E-state index in [1.165, 1.54) is 5.39 Å². The van der Waals surface area contributed by atoms with Gasteiger partial charge >= 0.3 is 0 Å². The molecule has 0 saturated heterocycles. The van der Waals surface area contributed by atoms with Crippen LogP contribution in [0.4, 0.5) is 0 Å². The maximum absolute atomic E-state index is 14.0. The molecule has 4 aromatic rings. The number of fused-ring (bicyclic) bond motifs is 1. The minimum absolute atomic E-state index is 0.118. The van der Waals surface area contributed by atoms with Crippen molar-refractivity contribution in [3.05, 3.63) is 109 Å². The highest BCUT2D eigenvalue weighted by atomic mass is 31.2. The Kier molecular flexibility index (Phi) is 5.74. The number of hydrogen-bond acceptors (Lipinski definition) is 2. The summed E-state index contributed by atoms with van der Waals surface area (Å²) in [5, 5.41) is 3.92. The molecule has 0 atom stereocenters. The van der Waals surface area contributed by atoms with Gasteiger partial charge in [-0.2, -0.15) is 0 Å². The van der Waals surface area contributed by atoms with Crippen molar-refractivity contribution < 1.29 is 9.36 Å². The van der Waals surface area contributed by atoms with E-state index in [0.717, 1.165) is 21.6 Å². The van der Waals surface area contributed by atoms with Gasteiger partial charge in [-0.05, 0) is 16.3 Å². The van der Waals surface area contributed by atoms with E-state index in [-0.39, 0.29) is 5.78 Å². The van der Waals surface area contributed by atoms with E-state index in [9.17, 15) is 9.36 Å². The van der Waals surface area contributed by atoms with Gasteiger partial charge in [0.25, 0.3) is 0 Å². The van der Waals surface area contributed by atoms with Crippen molar-refractivity contribution in [2.24, 2.45) is 0 Å². The highest BCUT2D eigenvalue weighted by Crippen LogP contribution is 2.43. The smallest absolute Gasteiger partial charge is 0.143 e. The molecule has 4 aromatic carbocycles. The number of ketones is 1. The largest absolute Gasteiger partial charge is 0.314 e. The molecule has 0 N–H and O–H groups in total. The first-order valence-corrected chi connectivity index (χ1v) is 11.7. The first-order valence-electron chi connectivity index (χ1n) is 9.85. The summed E-state index contributed by atoms with van der Waals surface area (Å²) in [5.41, 5.74) is 1.00. The number of carbonyl (C=O) groups excluding carboxylic acids is 1. The van der Waals surface area contributed by atoms with E-state index in [4.69, 9.17) is 0 Å². The third kappa shape index (κ3) is 4.39. The lowest BCUT2D eigenvalue weighted by Gasteiger charge is -2.19. The van der Waals surface area contributed by atoms with Gasteiger partial charge in [0.1, 0.15) is 12.9 Å². The molecule has 0 aliphatic rings. The van der Waals surface area contributed by atoms with Crippen molar-refractivity contribution >= 4 is 34.3 Å². The maximum atomic E-state index is 14.0. The third-order valence-electron chi connectivity index (χ3n) is 5.27. The molecule has 0 radical (unpaired) electrons. The number of benzene rings is 4. The topological polar surface area (TPSA) is 34.1 Å². The van der Waals surface area contributed by atoms with Crippen LogP contribution in [0.2, 0.25) is 0 Å². The molecule has 2 nitrogen and oxygen atoms in total. The summed E-state index contributed by atoms with van der Waals surface area (Å²) < 4.78 is 14.0. The van der Waals surface area contributed by atoms with Gasteiger partial charge in [-0.25, -0.2) is 0 Å². The predicted molar refractivity (Wildman–Crippen MR) is 122 cm³/mol. The second-order valence-corrected chi connectivity index (χ2v) is 10.2. The molecule has 0 heterocycles. The Hall–Kier alpha value is -2.96. The van der Waals surface area contributed by atoms with Gasteiger partial charge in [0, 0.05) is 29.6 Å². The number of rotatable bonds is 7. The quantitative estimate of drug-likeness (QED) is 0.393. The van der Waals surface area contributed by atoms with Gasteiger partial charge in [-0.15, -0.1) is 0 Å². The Bertz CT molecular complexity index is 1120. The van der Waals surface area contributed by atoms with E-state index in [1.54, 1.807) is 0 Å². The molecule has 4 rings (SSSR count). The van der Waals surface area contributed by atoms with Crippen LogP contribution in [0, 0.1) is 0 Å². The Morgan fingerprint density at radius 3 is 1.83 bits per heavy atom. The fourth-order valence-corrected chi connectivity index (χ4v) is 6.38. The van der Waals surface area contributed by atoms with Gasteiger partial charge in [-0.3, -0.25) is 4.79 Å². The monoisotopic (exact) mass is 398 g/mol. The first-order chi connectivity index (χ1) is 14.1. The molecule has 0 bridgehead atoms. The van der Waals surface area contributed by atoms with E-state index in [0.29, 0.717) is 19.0 Å². The molecule has 29 heavy (non-hydrogen) atoms. The molecule has 0 aliphatic carbocycles. The van der Waals surface area contributed by atoms with Crippen molar-refractivity contribution in [3.63, 3.8) is 0 Å². The van der Waals surface area contributed by atoms with Crippen LogP contribution in [0.25, 0.3) is 10.8 Å². The van der Waals surface area contributed by atoms with Gasteiger partial charge in [0.15, 0.2) is 0 Å². The summed E-state index contributed by atoms with van der Waals surface area (Å²) in [5.74, 6) is 0.118. The molecule has 0 amide bonds. The van der Waals surface area contributed by atoms with Crippen molar-refractivity contribution in [1.82, 2.24) is 0 Å². The first kappa shape index (κ1) is 19.4. The molecule has 0 aliphatic heterocycles. The Labute approximate surface area is 171 Å². The van der Waals surface area contributed by atoms with Crippen LogP contribution in [0.15, 0.2) is 103 Å². The molecular formula is C26H23O2P. The zero-order valence-corrected chi connectivity index (χ0v) is 17.1. The Morgan fingerprint density at radius 1 is 0.655 bits per heavy atom. The molecular weight excluding hydrogens is 375 g/mol. The number of carbonyl (C=O) groups is 1. The lowest BCUT2D eigenvalue weighted by atomic mass is 10.0. The average molecular weight is 398 g/mol. The molecule has 0 aromatic heterocycles. The van der Waals surface area contributed by atoms with Crippen molar-refractivity contribution in [2.75, 3.05) is 6.16 Å². The summed E-state index contributed by atoms with van der Waals surface area (Å²) in [6.45, 7) is 0. The lowest BCUT2D eigenvalue weighted by molar-refractivity contribution is -0.118. The van der Waals surface area contributed by atoms with Gasteiger partial charge in [-0.1, -0.05) is 103 Å². The summed E-state index contributed by atoms with van der Waals surface area (Å²) in [7, 11) is -2.84.